The third-order valence-electron chi connectivity index (χ3n) is 2.86. The van der Waals surface area contributed by atoms with E-state index in [0.717, 1.165) is 20.5 Å². The molecule has 0 bridgehead atoms. The van der Waals surface area contributed by atoms with E-state index in [1.165, 1.54) is 4.68 Å². The number of rotatable bonds is 3. The van der Waals surface area contributed by atoms with Crippen LogP contribution in [-0.2, 0) is 11.3 Å². The van der Waals surface area contributed by atoms with Gasteiger partial charge in [0.1, 0.15) is 6.54 Å². The Hall–Kier alpha value is -2.28. The lowest BCUT2D eigenvalue weighted by atomic mass is 10.1. The van der Waals surface area contributed by atoms with Crippen molar-refractivity contribution < 1.29 is 9.90 Å². The number of hydrogen-bond acceptors (Lipinski definition) is 5. The highest BCUT2D eigenvalue weighted by atomic mass is 32.1. The van der Waals surface area contributed by atoms with Gasteiger partial charge < -0.3 is 5.11 Å². The van der Waals surface area contributed by atoms with Crippen LogP contribution in [0.15, 0.2) is 24.3 Å². The first kappa shape index (κ1) is 11.8. The Bertz CT molecular complexity index is 762. The van der Waals surface area contributed by atoms with Crippen molar-refractivity contribution in [3.05, 3.63) is 29.8 Å². The first-order valence-corrected chi connectivity index (χ1v) is 6.45. The molecule has 0 saturated heterocycles. The van der Waals surface area contributed by atoms with Crippen LogP contribution >= 0.6 is 11.3 Å². The molecule has 0 unspecified atom stereocenters. The van der Waals surface area contributed by atoms with Crippen LogP contribution in [0.25, 0.3) is 20.8 Å². The van der Waals surface area contributed by atoms with E-state index < -0.39 is 5.97 Å². The number of hydrogen-bond donors (Lipinski definition) is 1. The third-order valence-corrected chi connectivity index (χ3v) is 4.13. The Morgan fingerprint density at radius 1 is 1.42 bits per heavy atom. The van der Waals surface area contributed by atoms with Gasteiger partial charge in [-0.05, 0) is 34.4 Å². The second-order valence-electron chi connectivity index (χ2n) is 4.11. The number of carboxylic acid groups (broad SMARTS) is 1. The average Bonchev–Trinajstić information content (AvgIpc) is 2.94. The highest BCUT2D eigenvalue weighted by molar-refractivity contribution is 7.22. The summed E-state index contributed by atoms with van der Waals surface area (Å²) in [6.07, 6.45) is 0. The Morgan fingerprint density at radius 2 is 2.21 bits per heavy atom. The summed E-state index contributed by atoms with van der Waals surface area (Å²) in [7, 11) is 0. The summed E-state index contributed by atoms with van der Waals surface area (Å²) in [4.78, 5) is 11.7. The molecule has 2 aromatic heterocycles. The van der Waals surface area contributed by atoms with Crippen LogP contribution in [0.5, 0.6) is 0 Å². The molecular formula is C12H10N4O2S. The number of fused-ring (bicyclic) bond motifs is 1. The molecule has 3 rings (SSSR count). The Kier molecular flexibility index (Phi) is 2.75. The van der Waals surface area contributed by atoms with E-state index in [1.807, 2.05) is 31.2 Å². The maximum atomic E-state index is 10.8. The number of thiophene rings is 1. The summed E-state index contributed by atoms with van der Waals surface area (Å²) in [6, 6.07) is 8.02. The molecule has 6 nitrogen and oxygen atoms in total. The molecule has 0 saturated carbocycles. The summed E-state index contributed by atoms with van der Waals surface area (Å²) in [5, 5.41) is 21.2. The van der Waals surface area contributed by atoms with E-state index in [1.54, 1.807) is 11.3 Å². The van der Waals surface area contributed by atoms with Gasteiger partial charge in [-0.25, -0.2) is 4.68 Å². The predicted octanol–water partition coefficient (Wildman–Crippen LogP) is 1.95. The molecule has 0 radical (unpaired) electrons. The molecule has 1 N–H and O–H groups in total. The van der Waals surface area contributed by atoms with Gasteiger partial charge in [-0.3, -0.25) is 4.79 Å². The number of aromatic nitrogens is 4. The predicted molar refractivity (Wildman–Crippen MR) is 71.0 cm³/mol. The zero-order valence-electron chi connectivity index (χ0n) is 10.1. The monoisotopic (exact) mass is 274 g/mol. The van der Waals surface area contributed by atoms with Crippen molar-refractivity contribution in [3.8, 4) is 10.7 Å². The summed E-state index contributed by atoms with van der Waals surface area (Å²) >= 11 is 1.57. The fraction of sp³-hybridized carbons (Fsp3) is 0.167. The van der Waals surface area contributed by atoms with Crippen molar-refractivity contribution in [3.63, 3.8) is 0 Å². The average molecular weight is 274 g/mol. The van der Waals surface area contributed by atoms with Gasteiger partial charge in [0.05, 0.1) is 4.88 Å². The zero-order valence-corrected chi connectivity index (χ0v) is 10.9. The molecule has 0 aliphatic carbocycles. The smallest absolute Gasteiger partial charge is 0.325 e. The lowest BCUT2D eigenvalue weighted by Gasteiger charge is -2.00. The first-order valence-electron chi connectivity index (χ1n) is 5.63. The molecule has 96 valence electrons. The quantitative estimate of drug-likeness (QED) is 0.789. The molecule has 3 aromatic rings. The minimum absolute atomic E-state index is 0.240. The van der Waals surface area contributed by atoms with Crippen LogP contribution in [0.3, 0.4) is 0 Å². The maximum absolute atomic E-state index is 10.8. The number of nitrogens with zero attached hydrogens (tertiary/aromatic N) is 4. The molecular weight excluding hydrogens is 264 g/mol. The molecule has 0 aliphatic rings. The lowest BCUT2D eigenvalue weighted by Crippen LogP contribution is -2.11. The number of carboxylic acids is 1. The van der Waals surface area contributed by atoms with E-state index in [9.17, 15) is 4.79 Å². The fourth-order valence-corrected chi connectivity index (χ4v) is 3.19. The van der Waals surface area contributed by atoms with Gasteiger partial charge in [-0.1, -0.05) is 18.2 Å². The molecule has 7 heteroatoms. The number of tetrazole rings is 1. The van der Waals surface area contributed by atoms with Crippen molar-refractivity contribution in [1.29, 1.82) is 0 Å². The van der Waals surface area contributed by atoms with Gasteiger partial charge in [0.2, 0.25) is 0 Å². The third kappa shape index (κ3) is 1.97. The van der Waals surface area contributed by atoms with Gasteiger partial charge >= 0.3 is 5.97 Å². The molecule has 0 fully saturated rings. The van der Waals surface area contributed by atoms with Gasteiger partial charge in [-0.2, -0.15) is 0 Å². The number of benzene rings is 1. The second-order valence-corrected chi connectivity index (χ2v) is 5.16. The lowest BCUT2D eigenvalue weighted by molar-refractivity contribution is -0.137. The Balaban J connectivity index is 2.17. The first-order chi connectivity index (χ1) is 9.16. The van der Waals surface area contributed by atoms with E-state index >= 15 is 0 Å². The topological polar surface area (TPSA) is 80.9 Å². The van der Waals surface area contributed by atoms with Crippen molar-refractivity contribution in [2.24, 2.45) is 0 Å². The standard InChI is InChI=1S/C12H10N4O2S/c1-7-8-4-2-3-5-9(8)19-11(7)12-13-14-15-16(12)6-10(17)18/h2-5H,6H2,1H3,(H,17,18). The number of aliphatic carboxylic acids is 1. The highest BCUT2D eigenvalue weighted by Crippen LogP contribution is 2.36. The van der Waals surface area contributed by atoms with Crippen LogP contribution in [-0.4, -0.2) is 31.3 Å². The molecule has 2 heterocycles. The zero-order chi connectivity index (χ0) is 13.4. The summed E-state index contributed by atoms with van der Waals surface area (Å²) in [5.74, 6) is -0.464. The maximum Gasteiger partial charge on any atom is 0.325 e. The van der Waals surface area contributed by atoms with E-state index in [0.29, 0.717) is 5.82 Å². The van der Waals surface area contributed by atoms with Gasteiger partial charge in [0.25, 0.3) is 0 Å². The van der Waals surface area contributed by atoms with E-state index in [4.69, 9.17) is 5.11 Å². The van der Waals surface area contributed by atoms with Crippen LogP contribution in [0.2, 0.25) is 0 Å². The molecule has 1 aromatic carbocycles. The minimum Gasteiger partial charge on any atom is -0.480 e. The fourth-order valence-electron chi connectivity index (χ4n) is 1.99. The van der Waals surface area contributed by atoms with Crippen molar-refractivity contribution in [1.82, 2.24) is 20.2 Å². The van der Waals surface area contributed by atoms with Gasteiger partial charge in [0, 0.05) is 4.70 Å². The van der Waals surface area contributed by atoms with Crippen molar-refractivity contribution in [2.45, 2.75) is 13.5 Å². The highest BCUT2D eigenvalue weighted by Gasteiger charge is 2.17. The number of carbonyl (C=O) groups is 1. The molecule has 0 aliphatic heterocycles. The number of aryl methyl sites for hydroxylation is 1. The summed E-state index contributed by atoms with van der Waals surface area (Å²) in [5.41, 5.74) is 1.07. The van der Waals surface area contributed by atoms with Crippen LogP contribution < -0.4 is 0 Å². The van der Waals surface area contributed by atoms with Crippen LogP contribution in [0, 0.1) is 6.92 Å². The Labute approximate surface area is 112 Å². The minimum atomic E-state index is -0.965. The van der Waals surface area contributed by atoms with Crippen LogP contribution in [0.4, 0.5) is 0 Å². The largest absolute Gasteiger partial charge is 0.480 e. The SMILES string of the molecule is Cc1c(-c2nnnn2CC(=O)O)sc2ccccc12. The van der Waals surface area contributed by atoms with Gasteiger partial charge in [-0.15, -0.1) is 16.4 Å². The normalized spacial score (nSPS) is 11.0. The van der Waals surface area contributed by atoms with E-state index in [2.05, 4.69) is 15.5 Å². The van der Waals surface area contributed by atoms with Gasteiger partial charge in [0.15, 0.2) is 5.82 Å². The second kappa shape index (κ2) is 4.43. The summed E-state index contributed by atoms with van der Waals surface area (Å²) in [6.45, 7) is 1.75. The molecule has 19 heavy (non-hydrogen) atoms. The summed E-state index contributed by atoms with van der Waals surface area (Å²) < 4.78 is 2.44. The van der Waals surface area contributed by atoms with Crippen molar-refractivity contribution >= 4 is 27.4 Å². The molecule has 0 atom stereocenters. The molecule has 0 amide bonds. The van der Waals surface area contributed by atoms with E-state index in [-0.39, 0.29) is 6.54 Å². The molecule has 0 spiro atoms. The van der Waals surface area contributed by atoms with Crippen LogP contribution in [0.1, 0.15) is 5.56 Å². The van der Waals surface area contributed by atoms with Crippen molar-refractivity contribution in [2.75, 3.05) is 0 Å². The Morgan fingerprint density at radius 3 is 2.95 bits per heavy atom.